The van der Waals surface area contributed by atoms with Crippen molar-refractivity contribution in [2.75, 3.05) is 5.32 Å². The highest BCUT2D eigenvalue weighted by atomic mass is 16.5. The smallest absolute Gasteiger partial charge is 0.252 e. The maximum atomic E-state index is 12.2. The van der Waals surface area contributed by atoms with E-state index in [1.807, 2.05) is 38.1 Å². The zero-order valence-electron chi connectivity index (χ0n) is 12.3. The molecule has 0 aromatic heterocycles. The lowest BCUT2D eigenvalue weighted by atomic mass is 10.2. The van der Waals surface area contributed by atoms with Gasteiger partial charge in [-0.1, -0.05) is 0 Å². The molecule has 2 fully saturated rings. The standard InChI is InChI=1S/C16H20N2O3/c1-10(2)21-13-7-3-11(4-8-13)17-14-9-15(19)18(16(14)20)12-5-6-12/h3-4,7-8,10,12,14,17H,5-6,9H2,1-2H3. The van der Waals surface area contributed by atoms with Crippen molar-refractivity contribution in [3.05, 3.63) is 24.3 Å². The molecule has 5 heteroatoms. The van der Waals surface area contributed by atoms with Crippen LogP contribution in [0.3, 0.4) is 0 Å². The molecule has 0 bridgehead atoms. The first-order valence-corrected chi connectivity index (χ1v) is 7.44. The van der Waals surface area contributed by atoms with E-state index in [0.29, 0.717) is 0 Å². The molecule has 112 valence electrons. The van der Waals surface area contributed by atoms with Crippen LogP contribution in [0.2, 0.25) is 0 Å². The summed E-state index contributed by atoms with van der Waals surface area (Å²) in [5.41, 5.74) is 0.829. The fourth-order valence-electron chi connectivity index (χ4n) is 2.58. The molecule has 1 saturated carbocycles. The summed E-state index contributed by atoms with van der Waals surface area (Å²) >= 11 is 0. The Kier molecular flexibility index (Phi) is 3.57. The van der Waals surface area contributed by atoms with Crippen molar-refractivity contribution in [3.63, 3.8) is 0 Å². The van der Waals surface area contributed by atoms with Crippen molar-refractivity contribution in [3.8, 4) is 5.75 Å². The Morgan fingerprint density at radius 2 is 1.86 bits per heavy atom. The molecule has 1 atom stereocenters. The van der Waals surface area contributed by atoms with Crippen LogP contribution < -0.4 is 10.1 Å². The van der Waals surface area contributed by atoms with Crippen LogP contribution in [0.5, 0.6) is 5.75 Å². The minimum Gasteiger partial charge on any atom is -0.491 e. The van der Waals surface area contributed by atoms with Gasteiger partial charge in [-0.15, -0.1) is 0 Å². The number of carbonyl (C=O) groups excluding carboxylic acids is 2. The van der Waals surface area contributed by atoms with E-state index in [1.54, 1.807) is 0 Å². The summed E-state index contributed by atoms with van der Waals surface area (Å²) in [6.07, 6.45) is 2.28. The first-order valence-electron chi connectivity index (χ1n) is 7.44. The molecule has 1 saturated heterocycles. The highest BCUT2D eigenvalue weighted by Crippen LogP contribution is 2.32. The number of hydrogen-bond acceptors (Lipinski definition) is 4. The van der Waals surface area contributed by atoms with Crippen molar-refractivity contribution >= 4 is 17.5 Å². The summed E-state index contributed by atoms with van der Waals surface area (Å²) in [5.74, 6) is 0.647. The first kappa shape index (κ1) is 13.9. The summed E-state index contributed by atoms with van der Waals surface area (Å²) in [6, 6.07) is 7.18. The number of hydrogen-bond donors (Lipinski definition) is 1. The Labute approximate surface area is 124 Å². The second-order valence-electron chi connectivity index (χ2n) is 5.93. The second-order valence-corrected chi connectivity index (χ2v) is 5.93. The van der Waals surface area contributed by atoms with Gasteiger partial charge in [-0.3, -0.25) is 14.5 Å². The molecule has 1 unspecified atom stereocenters. The van der Waals surface area contributed by atoms with Crippen molar-refractivity contribution in [1.82, 2.24) is 4.90 Å². The maximum absolute atomic E-state index is 12.2. The average Bonchev–Trinajstić information content (AvgIpc) is 3.20. The van der Waals surface area contributed by atoms with Gasteiger partial charge in [0.15, 0.2) is 0 Å². The molecule has 2 amide bonds. The maximum Gasteiger partial charge on any atom is 0.252 e. The molecule has 5 nitrogen and oxygen atoms in total. The largest absolute Gasteiger partial charge is 0.491 e. The van der Waals surface area contributed by atoms with E-state index < -0.39 is 6.04 Å². The van der Waals surface area contributed by atoms with Crippen molar-refractivity contribution in [2.45, 2.75) is 51.3 Å². The van der Waals surface area contributed by atoms with Crippen LogP contribution in [0.25, 0.3) is 0 Å². The van der Waals surface area contributed by atoms with Gasteiger partial charge in [0, 0.05) is 11.7 Å². The number of anilines is 1. The fraction of sp³-hybridized carbons (Fsp3) is 0.500. The van der Waals surface area contributed by atoms with E-state index in [0.717, 1.165) is 24.3 Å². The predicted molar refractivity (Wildman–Crippen MR) is 79.1 cm³/mol. The third kappa shape index (κ3) is 3.01. The lowest BCUT2D eigenvalue weighted by Gasteiger charge is -2.15. The van der Waals surface area contributed by atoms with Crippen LogP contribution in [0.15, 0.2) is 24.3 Å². The minimum absolute atomic E-state index is 0.0558. The van der Waals surface area contributed by atoms with Gasteiger partial charge in [0.05, 0.1) is 12.5 Å². The summed E-state index contributed by atoms with van der Waals surface area (Å²) < 4.78 is 5.58. The third-order valence-corrected chi connectivity index (χ3v) is 3.66. The monoisotopic (exact) mass is 288 g/mol. The molecule has 1 aliphatic carbocycles. The van der Waals surface area contributed by atoms with E-state index in [9.17, 15) is 9.59 Å². The fourth-order valence-corrected chi connectivity index (χ4v) is 2.58. The van der Waals surface area contributed by atoms with Gasteiger partial charge in [-0.05, 0) is 51.0 Å². The number of nitrogens with zero attached hydrogens (tertiary/aromatic N) is 1. The molecule has 1 N–H and O–H groups in total. The Balaban J connectivity index is 1.64. The van der Waals surface area contributed by atoms with E-state index in [2.05, 4.69) is 5.32 Å². The summed E-state index contributed by atoms with van der Waals surface area (Å²) in [4.78, 5) is 25.6. The molecule has 0 radical (unpaired) electrons. The SMILES string of the molecule is CC(C)Oc1ccc(NC2CC(=O)N(C3CC3)C2=O)cc1. The van der Waals surface area contributed by atoms with Crippen LogP contribution >= 0.6 is 0 Å². The normalized spacial score (nSPS) is 22.0. The minimum atomic E-state index is -0.435. The summed E-state index contributed by atoms with van der Waals surface area (Å²) in [6.45, 7) is 3.95. The van der Waals surface area contributed by atoms with Gasteiger partial charge in [0.25, 0.3) is 5.91 Å². The summed E-state index contributed by atoms with van der Waals surface area (Å²) in [5, 5.41) is 3.15. The number of nitrogens with one attached hydrogen (secondary N) is 1. The molecule has 2 aliphatic rings. The predicted octanol–water partition coefficient (Wildman–Crippen LogP) is 2.18. The Bertz CT molecular complexity index is 549. The van der Waals surface area contributed by atoms with E-state index >= 15 is 0 Å². The lowest BCUT2D eigenvalue weighted by molar-refractivity contribution is -0.139. The molecule has 0 spiro atoms. The van der Waals surface area contributed by atoms with Crippen LogP contribution in [-0.2, 0) is 9.59 Å². The molecule has 1 heterocycles. The van der Waals surface area contributed by atoms with Crippen molar-refractivity contribution < 1.29 is 14.3 Å². The number of ether oxygens (including phenoxy) is 1. The highest BCUT2D eigenvalue weighted by molar-refractivity contribution is 6.07. The van der Waals surface area contributed by atoms with Gasteiger partial charge >= 0.3 is 0 Å². The molecular weight excluding hydrogens is 268 g/mol. The lowest BCUT2D eigenvalue weighted by Crippen LogP contribution is -2.36. The molecule has 1 aromatic rings. The van der Waals surface area contributed by atoms with Crippen LogP contribution in [0, 0.1) is 0 Å². The number of amides is 2. The second kappa shape index (κ2) is 5.39. The van der Waals surface area contributed by atoms with Gasteiger partial charge in [-0.25, -0.2) is 0 Å². The molecule has 1 aromatic carbocycles. The summed E-state index contributed by atoms with van der Waals surface area (Å²) in [7, 11) is 0. The molecular formula is C16H20N2O3. The Morgan fingerprint density at radius 1 is 1.19 bits per heavy atom. The molecule has 1 aliphatic heterocycles. The van der Waals surface area contributed by atoms with Crippen LogP contribution in [0.4, 0.5) is 5.69 Å². The van der Waals surface area contributed by atoms with Gasteiger partial charge in [0.1, 0.15) is 11.8 Å². The zero-order valence-corrected chi connectivity index (χ0v) is 12.3. The van der Waals surface area contributed by atoms with Crippen LogP contribution in [0.1, 0.15) is 33.1 Å². The average molecular weight is 288 g/mol. The number of rotatable bonds is 5. The first-order chi connectivity index (χ1) is 10.0. The Hall–Kier alpha value is -2.04. The van der Waals surface area contributed by atoms with Gasteiger partial charge in [-0.2, -0.15) is 0 Å². The molecule has 21 heavy (non-hydrogen) atoms. The zero-order chi connectivity index (χ0) is 15.0. The van der Waals surface area contributed by atoms with E-state index in [4.69, 9.17) is 4.74 Å². The molecule has 3 rings (SSSR count). The van der Waals surface area contributed by atoms with Gasteiger partial charge in [0.2, 0.25) is 5.91 Å². The third-order valence-electron chi connectivity index (χ3n) is 3.66. The van der Waals surface area contributed by atoms with E-state index in [-0.39, 0.29) is 30.4 Å². The topological polar surface area (TPSA) is 58.6 Å². The number of carbonyl (C=O) groups is 2. The van der Waals surface area contributed by atoms with Crippen molar-refractivity contribution in [1.29, 1.82) is 0 Å². The number of imide groups is 1. The Morgan fingerprint density at radius 3 is 2.43 bits per heavy atom. The van der Waals surface area contributed by atoms with E-state index in [1.165, 1.54) is 4.90 Å². The van der Waals surface area contributed by atoms with Crippen LogP contribution in [-0.4, -0.2) is 34.9 Å². The highest BCUT2D eigenvalue weighted by Gasteiger charge is 2.46. The van der Waals surface area contributed by atoms with Crippen molar-refractivity contribution in [2.24, 2.45) is 0 Å². The number of benzene rings is 1. The van der Waals surface area contributed by atoms with Gasteiger partial charge < -0.3 is 10.1 Å². The number of likely N-dealkylation sites (tertiary alicyclic amines) is 1. The quantitative estimate of drug-likeness (QED) is 0.844.